The second-order valence-corrected chi connectivity index (χ2v) is 8.06. The van der Waals surface area contributed by atoms with Gasteiger partial charge in [-0.05, 0) is 25.3 Å². The molecule has 0 aromatic carbocycles. The second kappa shape index (κ2) is 5.61. The molecule has 0 amide bonds. The largest absolute Gasteiger partial charge is 0.381 e. The number of rotatable bonds is 3. The maximum atomic E-state index is 5.91. The van der Waals surface area contributed by atoms with E-state index in [0.717, 1.165) is 37.5 Å². The lowest BCUT2D eigenvalue weighted by Gasteiger charge is -2.34. The van der Waals surface area contributed by atoms with Gasteiger partial charge in [-0.1, -0.05) is 13.8 Å². The second-order valence-electron chi connectivity index (χ2n) is 7.03. The molecular weight excluding hydrogens is 284 g/mol. The number of thiazole rings is 1. The Balaban J connectivity index is 1.97. The number of ether oxygens (including phenoxy) is 2. The van der Waals surface area contributed by atoms with Crippen molar-refractivity contribution in [2.75, 3.05) is 27.4 Å². The van der Waals surface area contributed by atoms with Gasteiger partial charge < -0.3 is 14.8 Å². The SMILES string of the molecule is CNC1CC(C)(C)Cc2nc(C3(OC)CCOCC3)sc21. The van der Waals surface area contributed by atoms with Crippen molar-refractivity contribution in [3.8, 4) is 0 Å². The van der Waals surface area contributed by atoms with Crippen molar-refractivity contribution in [3.63, 3.8) is 0 Å². The van der Waals surface area contributed by atoms with E-state index in [0.29, 0.717) is 11.5 Å². The predicted molar refractivity (Wildman–Crippen MR) is 84.8 cm³/mol. The molecular formula is C16H26N2O2S. The third-order valence-electron chi connectivity index (χ3n) is 4.88. The highest BCUT2D eigenvalue weighted by Gasteiger charge is 2.41. The zero-order valence-electron chi connectivity index (χ0n) is 13.5. The van der Waals surface area contributed by atoms with Crippen LogP contribution in [0, 0.1) is 5.41 Å². The van der Waals surface area contributed by atoms with Crippen LogP contribution < -0.4 is 5.32 Å². The van der Waals surface area contributed by atoms with Gasteiger partial charge in [0.2, 0.25) is 0 Å². The molecule has 1 fully saturated rings. The molecule has 1 aromatic heterocycles. The Morgan fingerprint density at radius 2 is 2.05 bits per heavy atom. The monoisotopic (exact) mass is 310 g/mol. The number of nitrogens with one attached hydrogen (secondary N) is 1. The summed E-state index contributed by atoms with van der Waals surface area (Å²) in [5, 5.41) is 4.62. The van der Waals surface area contributed by atoms with Crippen molar-refractivity contribution in [3.05, 3.63) is 15.6 Å². The van der Waals surface area contributed by atoms with Crippen molar-refractivity contribution < 1.29 is 9.47 Å². The van der Waals surface area contributed by atoms with Gasteiger partial charge in [-0.25, -0.2) is 4.98 Å². The van der Waals surface area contributed by atoms with Crippen LogP contribution >= 0.6 is 11.3 Å². The number of aromatic nitrogens is 1. The van der Waals surface area contributed by atoms with Gasteiger partial charge in [0.15, 0.2) is 0 Å². The summed E-state index contributed by atoms with van der Waals surface area (Å²) in [6.07, 6.45) is 4.04. The van der Waals surface area contributed by atoms with Gasteiger partial charge in [0.25, 0.3) is 0 Å². The molecule has 2 heterocycles. The molecule has 1 saturated heterocycles. The minimum absolute atomic E-state index is 0.233. The lowest BCUT2D eigenvalue weighted by Crippen LogP contribution is -2.35. The molecule has 1 N–H and O–H groups in total. The van der Waals surface area contributed by atoms with Crippen LogP contribution in [-0.4, -0.2) is 32.4 Å². The molecule has 0 bridgehead atoms. The molecule has 1 aromatic rings. The molecule has 3 rings (SSSR count). The highest BCUT2D eigenvalue weighted by molar-refractivity contribution is 7.12. The van der Waals surface area contributed by atoms with Crippen LogP contribution in [0.5, 0.6) is 0 Å². The maximum Gasteiger partial charge on any atom is 0.125 e. The Kier molecular flexibility index (Phi) is 4.12. The normalized spacial score (nSPS) is 27.3. The zero-order chi connectivity index (χ0) is 15.1. The molecule has 1 aliphatic carbocycles. The topological polar surface area (TPSA) is 43.4 Å². The van der Waals surface area contributed by atoms with Gasteiger partial charge in [0.05, 0.1) is 5.69 Å². The summed E-state index contributed by atoms with van der Waals surface area (Å²) < 4.78 is 11.4. The number of hydrogen-bond acceptors (Lipinski definition) is 5. The maximum absolute atomic E-state index is 5.91. The van der Waals surface area contributed by atoms with Crippen molar-refractivity contribution in [2.24, 2.45) is 5.41 Å². The molecule has 1 unspecified atom stereocenters. The lowest BCUT2D eigenvalue weighted by atomic mass is 9.76. The van der Waals surface area contributed by atoms with Crippen molar-refractivity contribution in [2.45, 2.75) is 51.2 Å². The number of methoxy groups -OCH3 is 1. The molecule has 1 atom stereocenters. The lowest BCUT2D eigenvalue weighted by molar-refractivity contribution is -0.0949. The van der Waals surface area contributed by atoms with Crippen LogP contribution in [0.3, 0.4) is 0 Å². The van der Waals surface area contributed by atoms with Crippen LogP contribution in [0.1, 0.15) is 54.7 Å². The van der Waals surface area contributed by atoms with Crippen LogP contribution in [0.2, 0.25) is 0 Å². The third kappa shape index (κ3) is 2.77. The van der Waals surface area contributed by atoms with Crippen LogP contribution in [0.4, 0.5) is 0 Å². The van der Waals surface area contributed by atoms with Gasteiger partial charge in [-0.15, -0.1) is 11.3 Å². The van der Waals surface area contributed by atoms with Gasteiger partial charge in [0, 0.05) is 44.1 Å². The fraction of sp³-hybridized carbons (Fsp3) is 0.812. The standard InChI is InChI=1S/C16H26N2O2S/c1-15(2)9-11(17-3)13-12(10-15)18-14(21-13)16(19-4)5-7-20-8-6-16/h11,17H,5-10H2,1-4H3. The fourth-order valence-electron chi connectivity index (χ4n) is 3.57. The van der Waals surface area contributed by atoms with E-state index in [1.807, 2.05) is 18.4 Å². The summed E-state index contributed by atoms with van der Waals surface area (Å²) in [6, 6.07) is 0.420. The van der Waals surface area contributed by atoms with Crippen molar-refractivity contribution >= 4 is 11.3 Å². The molecule has 0 saturated carbocycles. The first-order chi connectivity index (χ1) is 10.00. The zero-order valence-corrected chi connectivity index (χ0v) is 14.3. The Morgan fingerprint density at radius 1 is 1.33 bits per heavy atom. The first-order valence-electron chi connectivity index (χ1n) is 7.80. The van der Waals surface area contributed by atoms with Crippen molar-refractivity contribution in [1.29, 1.82) is 0 Å². The van der Waals surface area contributed by atoms with Gasteiger partial charge in [0.1, 0.15) is 10.6 Å². The highest BCUT2D eigenvalue weighted by Crippen LogP contribution is 2.46. The van der Waals surface area contributed by atoms with Gasteiger partial charge in [-0.2, -0.15) is 0 Å². The molecule has 0 radical (unpaired) electrons. The molecule has 118 valence electrons. The number of fused-ring (bicyclic) bond motifs is 1. The van der Waals surface area contributed by atoms with Gasteiger partial charge in [-0.3, -0.25) is 0 Å². The van der Waals surface area contributed by atoms with Crippen LogP contribution in [0.15, 0.2) is 0 Å². The van der Waals surface area contributed by atoms with Crippen LogP contribution in [0.25, 0.3) is 0 Å². The summed E-state index contributed by atoms with van der Waals surface area (Å²) in [7, 11) is 3.86. The van der Waals surface area contributed by atoms with Crippen molar-refractivity contribution in [1.82, 2.24) is 10.3 Å². The molecule has 4 nitrogen and oxygen atoms in total. The van der Waals surface area contributed by atoms with E-state index in [9.17, 15) is 0 Å². The molecule has 0 spiro atoms. The molecule has 2 aliphatic rings. The minimum atomic E-state index is -0.233. The summed E-state index contributed by atoms with van der Waals surface area (Å²) in [5.41, 5.74) is 1.35. The Morgan fingerprint density at radius 3 is 2.67 bits per heavy atom. The first-order valence-corrected chi connectivity index (χ1v) is 8.62. The van der Waals surface area contributed by atoms with E-state index in [2.05, 4.69) is 26.2 Å². The van der Waals surface area contributed by atoms with Crippen LogP contribution in [-0.2, 0) is 21.5 Å². The number of nitrogens with zero attached hydrogens (tertiary/aromatic N) is 1. The van der Waals surface area contributed by atoms with E-state index in [1.54, 1.807) is 0 Å². The average molecular weight is 310 g/mol. The Labute approximate surface area is 131 Å². The highest BCUT2D eigenvalue weighted by atomic mass is 32.1. The Hall–Kier alpha value is -0.490. The molecule has 1 aliphatic heterocycles. The summed E-state index contributed by atoms with van der Waals surface area (Å²) in [5.74, 6) is 0. The summed E-state index contributed by atoms with van der Waals surface area (Å²) >= 11 is 1.84. The predicted octanol–water partition coefficient (Wildman–Crippen LogP) is 3.03. The van der Waals surface area contributed by atoms with Gasteiger partial charge >= 0.3 is 0 Å². The third-order valence-corrected chi connectivity index (χ3v) is 6.27. The Bertz CT molecular complexity index is 506. The summed E-state index contributed by atoms with van der Waals surface area (Å²) in [6.45, 7) is 6.19. The van der Waals surface area contributed by atoms with E-state index >= 15 is 0 Å². The van der Waals surface area contributed by atoms with E-state index in [1.165, 1.54) is 17.0 Å². The smallest absolute Gasteiger partial charge is 0.125 e. The summed E-state index contributed by atoms with van der Waals surface area (Å²) in [4.78, 5) is 6.42. The molecule has 5 heteroatoms. The first kappa shape index (κ1) is 15.4. The van der Waals surface area contributed by atoms with E-state index < -0.39 is 0 Å². The van der Waals surface area contributed by atoms with E-state index in [-0.39, 0.29) is 5.60 Å². The fourth-order valence-corrected chi connectivity index (χ4v) is 4.98. The number of hydrogen-bond donors (Lipinski definition) is 1. The quantitative estimate of drug-likeness (QED) is 0.932. The minimum Gasteiger partial charge on any atom is -0.381 e. The van der Waals surface area contributed by atoms with E-state index in [4.69, 9.17) is 14.5 Å². The average Bonchev–Trinajstić information content (AvgIpc) is 2.90. The molecule has 21 heavy (non-hydrogen) atoms.